The van der Waals surface area contributed by atoms with E-state index in [0.29, 0.717) is 0 Å². The minimum atomic E-state index is 0.867. The average molecular weight is 268 g/mol. The Morgan fingerprint density at radius 3 is 2.73 bits per heavy atom. The van der Waals surface area contributed by atoms with E-state index in [1.165, 1.54) is 19.6 Å². The number of hydrogen-bond acceptors (Lipinski definition) is 2. The normalized spacial score (nSPS) is 33.0. The van der Waals surface area contributed by atoms with E-state index in [2.05, 4.69) is 45.1 Å². The number of rotatable bonds is 3. The zero-order valence-corrected chi connectivity index (χ0v) is 9.47. The molecule has 2 atom stereocenters. The molecule has 0 saturated carbocycles. The van der Waals surface area contributed by atoms with E-state index in [0.717, 1.165) is 18.4 Å². The second kappa shape index (κ2) is 4.62. The molecule has 1 heterocycles. The summed E-state index contributed by atoms with van der Waals surface area (Å²) in [6, 6.07) is 0. The van der Waals surface area contributed by atoms with Crippen LogP contribution in [0.25, 0.3) is 0 Å². The molecule has 0 aromatic carbocycles. The second-order valence-electron chi connectivity index (χ2n) is 3.43. The van der Waals surface area contributed by atoms with Gasteiger partial charge in [-0.15, -0.1) is 0 Å². The smallest absolute Gasteiger partial charge is 0.0169 e. The Bertz CT molecular complexity index is 119. The molecule has 0 aromatic rings. The summed E-state index contributed by atoms with van der Waals surface area (Å²) < 4.78 is 3.23. The van der Waals surface area contributed by atoms with Crippen LogP contribution in [0.5, 0.6) is 0 Å². The van der Waals surface area contributed by atoms with Crippen LogP contribution in [0.3, 0.4) is 0 Å². The largest absolute Gasteiger partial charge is 0.303 e. The predicted octanol–water partition coefficient (Wildman–Crippen LogP) is 1.51. The molecule has 1 N–H and O–H groups in total. The summed E-state index contributed by atoms with van der Waals surface area (Å²) in [4.78, 5) is 2.53. The lowest BCUT2D eigenvalue weighted by Gasteiger charge is -2.12. The zero-order chi connectivity index (χ0) is 8.27. The molecule has 0 aliphatic carbocycles. The highest BCUT2D eigenvalue weighted by Crippen LogP contribution is 2.21. The first-order chi connectivity index (χ1) is 5.27. The Kier molecular flexibility index (Phi) is 4.09. The molecule has 1 aliphatic heterocycles. The van der Waals surface area contributed by atoms with Gasteiger partial charge in [-0.1, -0.05) is 13.8 Å². The Hall–Kier alpha value is 0.650. The molecule has 2 nitrogen and oxygen atoms in total. The zero-order valence-electron chi connectivity index (χ0n) is 7.31. The lowest BCUT2D eigenvalue weighted by molar-refractivity contribution is 0.340. The highest BCUT2D eigenvalue weighted by molar-refractivity contribution is 14.1. The van der Waals surface area contributed by atoms with Gasteiger partial charge in [0.2, 0.25) is 0 Å². The summed E-state index contributed by atoms with van der Waals surface area (Å²) in [5.41, 5.74) is 0. The molecule has 66 valence electrons. The van der Waals surface area contributed by atoms with Gasteiger partial charge in [-0.2, -0.15) is 0 Å². The summed E-state index contributed by atoms with van der Waals surface area (Å²) in [5.74, 6) is 1.74. The Balaban J connectivity index is 2.32. The molecule has 0 amide bonds. The number of nitrogens with zero attached hydrogens (tertiary/aromatic N) is 1. The molecule has 1 fully saturated rings. The first kappa shape index (κ1) is 9.74. The number of halogens is 1. The fraction of sp³-hybridized carbons (Fsp3) is 1.00. The second-order valence-corrected chi connectivity index (χ2v) is 4.19. The molecule has 0 spiro atoms. The van der Waals surface area contributed by atoms with Crippen LogP contribution in [0.1, 0.15) is 13.8 Å². The third-order valence-electron chi connectivity index (χ3n) is 2.63. The SMILES string of the molecule is CCN1CC(C)C(CNI)C1. The summed E-state index contributed by atoms with van der Waals surface area (Å²) in [7, 11) is 0. The highest BCUT2D eigenvalue weighted by Gasteiger charge is 2.27. The lowest BCUT2D eigenvalue weighted by Crippen LogP contribution is -2.23. The van der Waals surface area contributed by atoms with Gasteiger partial charge in [0, 0.05) is 42.5 Å². The van der Waals surface area contributed by atoms with Crippen molar-refractivity contribution in [1.29, 1.82) is 0 Å². The maximum atomic E-state index is 3.23. The maximum absolute atomic E-state index is 3.23. The van der Waals surface area contributed by atoms with Gasteiger partial charge in [0.05, 0.1) is 0 Å². The van der Waals surface area contributed by atoms with E-state index >= 15 is 0 Å². The molecule has 11 heavy (non-hydrogen) atoms. The van der Waals surface area contributed by atoms with Crippen molar-refractivity contribution >= 4 is 22.9 Å². The van der Waals surface area contributed by atoms with Gasteiger partial charge in [0.1, 0.15) is 0 Å². The van der Waals surface area contributed by atoms with E-state index in [1.54, 1.807) is 0 Å². The first-order valence-corrected chi connectivity index (χ1v) is 5.41. The fourth-order valence-electron chi connectivity index (χ4n) is 1.77. The van der Waals surface area contributed by atoms with E-state index in [4.69, 9.17) is 0 Å². The minimum Gasteiger partial charge on any atom is -0.303 e. The highest BCUT2D eigenvalue weighted by atomic mass is 127. The topological polar surface area (TPSA) is 15.3 Å². The van der Waals surface area contributed by atoms with E-state index in [1.807, 2.05) is 0 Å². The third-order valence-corrected chi connectivity index (χ3v) is 3.07. The van der Waals surface area contributed by atoms with Crippen LogP contribution in [0.2, 0.25) is 0 Å². The monoisotopic (exact) mass is 268 g/mol. The van der Waals surface area contributed by atoms with E-state index in [-0.39, 0.29) is 0 Å². The van der Waals surface area contributed by atoms with Crippen LogP contribution in [-0.2, 0) is 0 Å². The van der Waals surface area contributed by atoms with Gasteiger partial charge < -0.3 is 4.90 Å². The van der Waals surface area contributed by atoms with Crippen molar-refractivity contribution < 1.29 is 0 Å². The summed E-state index contributed by atoms with van der Waals surface area (Å²) in [6.45, 7) is 9.55. The van der Waals surface area contributed by atoms with Crippen molar-refractivity contribution in [2.75, 3.05) is 26.2 Å². The molecule has 0 bridgehead atoms. The molecule has 1 rings (SSSR count). The lowest BCUT2D eigenvalue weighted by atomic mass is 9.99. The maximum Gasteiger partial charge on any atom is 0.0169 e. The summed E-state index contributed by atoms with van der Waals surface area (Å²) in [5, 5.41) is 0. The van der Waals surface area contributed by atoms with Crippen molar-refractivity contribution in [1.82, 2.24) is 8.43 Å². The van der Waals surface area contributed by atoms with Crippen molar-refractivity contribution in [3.05, 3.63) is 0 Å². The third kappa shape index (κ3) is 2.56. The Morgan fingerprint density at radius 1 is 1.55 bits per heavy atom. The molecular weight excluding hydrogens is 251 g/mol. The first-order valence-electron chi connectivity index (χ1n) is 4.33. The molecule has 3 heteroatoms. The van der Waals surface area contributed by atoms with E-state index < -0.39 is 0 Å². The minimum absolute atomic E-state index is 0.867. The molecule has 2 unspecified atom stereocenters. The quantitative estimate of drug-likeness (QED) is 0.616. The van der Waals surface area contributed by atoms with Crippen LogP contribution in [0.15, 0.2) is 0 Å². The molecule has 1 aliphatic rings. The number of hydrogen-bond donors (Lipinski definition) is 1. The Labute approximate surface area is 83.2 Å². The molecule has 0 aromatic heterocycles. The predicted molar refractivity (Wildman–Crippen MR) is 56.8 cm³/mol. The van der Waals surface area contributed by atoms with Crippen LogP contribution < -0.4 is 3.53 Å². The summed E-state index contributed by atoms with van der Waals surface area (Å²) >= 11 is 2.24. The van der Waals surface area contributed by atoms with Crippen LogP contribution >= 0.6 is 22.9 Å². The average Bonchev–Trinajstić information content (AvgIpc) is 2.33. The number of nitrogens with one attached hydrogen (secondary N) is 1. The van der Waals surface area contributed by atoms with E-state index in [9.17, 15) is 0 Å². The molecular formula is C8H17IN2. The van der Waals surface area contributed by atoms with Gasteiger partial charge in [0.25, 0.3) is 0 Å². The van der Waals surface area contributed by atoms with Crippen LogP contribution in [-0.4, -0.2) is 31.1 Å². The fourth-order valence-corrected chi connectivity index (χ4v) is 2.33. The van der Waals surface area contributed by atoms with Crippen molar-refractivity contribution in [3.8, 4) is 0 Å². The molecule has 1 saturated heterocycles. The summed E-state index contributed by atoms with van der Waals surface area (Å²) in [6.07, 6.45) is 0. The van der Waals surface area contributed by atoms with Crippen molar-refractivity contribution in [2.45, 2.75) is 13.8 Å². The molecule has 0 radical (unpaired) electrons. The standard InChI is InChI=1S/C8H17IN2/c1-3-11-5-7(2)8(6-11)4-10-9/h7-8,10H,3-6H2,1-2H3. The van der Waals surface area contributed by atoms with Crippen LogP contribution in [0.4, 0.5) is 0 Å². The van der Waals surface area contributed by atoms with Gasteiger partial charge in [0.15, 0.2) is 0 Å². The van der Waals surface area contributed by atoms with Crippen molar-refractivity contribution in [3.63, 3.8) is 0 Å². The van der Waals surface area contributed by atoms with Gasteiger partial charge in [-0.25, -0.2) is 0 Å². The van der Waals surface area contributed by atoms with Gasteiger partial charge in [-0.05, 0) is 18.4 Å². The number of likely N-dealkylation sites (tertiary alicyclic amines) is 1. The van der Waals surface area contributed by atoms with Crippen molar-refractivity contribution in [2.24, 2.45) is 11.8 Å². The van der Waals surface area contributed by atoms with Gasteiger partial charge in [-0.3, -0.25) is 3.53 Å². The van der Waals surface area contributed by atoms with Gasteiger partial charge >= 0.3 is 0 Å². The Morgan fingerprint density at radius 2 is 2.27 bits per heavy atom. The van der Waals surface area contributed by atoms with Crippen LogP contribution in [0, 0.1) is 11.8 Å².